The Morgan fingerprint density at radius 3 is 3.16 bits per heavy atom. The van der Waals surface area contributed by atoms with Gasteiger partial charge in [0.25, 0.3) is 0 Å². The van der Waals surface area contributed by atoms with Crippen molar-refractivity contribution in [2.45, 2.75) is 12.5 Å². The number of fused-ring (bicyclic) bond motifs is 1. The summed E-state index contributed by atoms with van der Waals surface area (Å²) in [5.41, 5.74) is 2.39. The molecule has 19 heavy (non-hydrogen) atoms. The lowest BCUT2D eigenvalue weighted by Gasteiger charge is -2.15. The fraction of sp³-hybridized carbons (Fsp3) is 0.467. The minimum Gasteiger partial charge on any atom is -0.496 e. The number of benzene rings is 1. The molecular formula is C15H20N2O2. The maximum atomic E-state index is 5.98. The largest absolute Gasteiger partial charge is 0.496 e. The van der Waals surface area contributed by atoms with Gasteiger partial charge in [-0.1, -0.05) is 6.07 Å². The van der Waals surface area contributed by atoms with Crippen LogP contribution in [0.3, 0.4) is 0 Å². The molecule has 0 amide bonds. The Balaban J connectivity index is 2.11. The summed E-state index contributed by atoms with van der Waals surface area (Å²) in [6.45, 7) is 2.69. The molecule has 0 radical (unpaired) electrons. The van der Waals surface area contributed by atoms with Gasteiger partial charge >= 0.3 is 0 Å². The maximum absolute atomic E-state index is 5.98. The second-order valence-electron chi connectivity index (χ2n) is 4.97. The summed E-state index contributed by atoms with van der Waals surface area (Å²) in [4.78, 5) is 0. The van der Waals surface area contributed by atoms with Gasteiger partial charge in [-0.15, -0.1) is 0 Å². The van der Waals surface area contributed by atoms with Crippen molar-refractivity contribution in [3.05, 3.63) is 30.0 Å². The van der Waals surface area contributed by atoms with Crippen LogP contribution in [0.2, 0.25) is 0 Å². The topological polar surface area (TPSA) is 35.4 Å². The van der Waals surface area contributed by atoms with E-state index in [9.17, 15) is 0 Å². The molecule has 4 nitrogen and oxygen atoms in total. The second-order valence-corrected chi connectivity index (χ2v) is 4.97. The number of rotatable bonds is 2. The summed E-state index contributed by atoms with van der Waals surface area (Å²) < 4.78 is 13.6. The molecule has 0 bridgehead atoms. The number of methoxy groups -OCH3 is 1. The van der Waals surface area contributed by atoms with Crippen LogP contribution in [0.15, 0.2) is 24.4 Å². The Morgan fingerprint density at radius 1 is 1.42 bits per heavy atom. The zero-order valence-corrected chi connectivity index (χ0v) is 11.5. The number of aryl methyl sites for hydroxylation is 1. The van der Waals surface area contributed by atoms with Crippen LogP contribution in [0, 0.1) is 0 Å². The van der Waals surface area contributed by atoms with E-state index in [1.165, 1.54) is 16.5 Å². The average Bonchev–Trinajstić information content (AvgIpc) is 2.65. The summed E-state index contributed by atoms with van der Waals surface area (Å²) in [5, 5.41) is 4.60. The molecule has 0 saturated carbocycles. The van der Waals surface area contributed by atoms with Crippen molar-refractivity contribution in [2.24, 2.45) is 7.05 Å². The van der Waals surface area contributed by atoms with Crippen LogP contribution in [0.25, 0.3) is 10.9 Å². The van der Waals surface area contributed by atoms with E-state index in [1.807, 2.05) is 12.1 Å². The predicted octanol–water partition coefficient (Wildman–Crippen LogP) is 2.24. The number of hydrogen-bond acceptors (Lipinski definition) is 3. The van der Waals surface area contributed by atoms with Crippen molar-refractivity contribution in [1.29, 1.82) is 0 Å². The minimum atomic E-state index is 0.0995. The molecule has 1 N–H and O–H groups in total. The maximum Gasteiger partial charge on any atom is 0.128 e. The summed E-state index contributed by atoms with van der Waals surface area (Å²) in [6, 6.07) is 6.15. The number of nitrogens with one attached hydrogen (secondary N) is 1. The molecule has 1 atom stereocenters. The molecule has 0 spiro atoms. The molecule has 2 aromatic rings. The number of nitrogens with zero attached hydrogens (tertiary/aromatic N) is 1. The van der Waals surface area contributed by atoms with Gasteiger partial charge in [-0.2, -0.15) is 0 Å². The van der Waals surface area contributed by atoms with Crippen molar-refractivity contribution in [1.82, 2.24) is 9.88 Å². The van der Waals surface area contributed by atoms with Gasteiger partial charge < -0.3 is 19.4 Å². The first-order chi connectivity index (χ1) is 9.31. The fourth-order valence-corrected chi connectivity index (χ4v) is 2.78. The van der Waals surface area contributed by atoms with E-state index in [2.05, 4.69) is 29.2 Å². The number of hydrogen-bond donors (Lipinski definition) is 1. The molecule has 1 unspecified atom stereocenters. The molecule has 4 heteroatoms. The van der Waals surface area contributed by atoms with Gasteiger partial charge in [0.05, 0.1) is 18.7 Å². The molecule has 1 aromatic heterocycles. The third-order valence-electron chi connectivity index (χ3n) is 3.72. The summed E-state index contributed by atoms with van der Waals surface area (Å²) >= 11 is 0. The van der Waals surface area contributed by atoms with Crippen LogP contribution < -0.4 is 10.1 Å². The van der Waals surface area contributed by atoms with Gasteiger partial charge in [0.15, 0.2) is 0 Å². The van der Waals surface area contributed by atoms with Gasteiger partial charge in [0.1, 0.15) is 5.75 Å². The monoisotopic (exact) mass is 260 g/mol. The van der Waals surface area contributed by atoms with Gasteiger partial charge in [0.2, 0.25) is 0 Å². The number of ether oxygens (including phenoxy) is 2. The van der Waals surface area contributed by atoms with Crippen molar-refractivity contribution in [3.8, 4) is 5.75 Å². The highest BCUT2D eigenvalue weighted by Gasteiger charge is 2.21. The van der Waals surface area contributed by atoms with Gasteiger partial charge in [-0.25, -0.2) is 0 Å². The fourth-order valence-electron chi connectivity index (χ4n) is 2.78. The van der Waals surface area contributed by atoms with Crippen LogP contribution in [-0.2, 0) is 11.8 Å². The summed E-state index contributed by atoms with van der Waals surface area (Å²) in [6.07, 6.45) is 3.32. The lowest BCUT2D eigenvalue weighted by Crippen LogP contribution is -2.20. The van der Waals surface area contributed by atoms with E-state index >= 15 is 0 Å². The lowest BCUT2D eigenvalue weighted by atomic mass is 10.1. The number of aromatic nitrogens is 1. The molecule has 1 fully saturated rings. The molecule has 2 heterocycles. The van der Waals surface area contributed by atoms with Crippen molar-refractivity contribution in [2.75, 3.05) is 26.8 Å². The Morgan fingerprint density at radius 2 is 2.32 bits per heavy atom. The summed E-state index contributed by atoms with van der Waals surface area (Å²) in [7, 11) is 3.78. The smallest absolute Gasteiger partial charge is 0.128 e. The van der Waals surface area contributed by atoms with Crippen molar-refractivity contribution in [3.63, 3.8) is 0 Å². The molecule has 1 saturated heterocycles. The Hall–Kier alpha value is -1.52. The van der Waals surface area contributed by atoms with E-state index < -0.39 is 0 Å². The average molecular weight is 260 g/mol. The zero-order chi connectivity index (χ0) is 13.2. The molecule has 1 aliphatic heterocycles. The van der Waals surface area contributed by atoms with Crippen LogP contribution in [0.4, 0.5) is 0 Å². The van der Waals surface area contributed by atoms with Gasteiger partial charge in [-0.3, -0.25) is 0 Å². The SMILES string of the molecule is COc1cccc2c1c(C1CNCCCO1)cn2C. The molecule has 1 aromatic carbocycles. The normalized spacial score (nSPS) is 20.4. The van der Waals surface area contributed by atoms with E-state index in [0.717, 1.165) is 31.9 Å². The second kappa shape index (κ2) is 5.23. The highest BCUT2D eigenvalue weighted by Crippen LogP contribution is 2.35. The van der Waals surface area contributed by atoms with Crippen LogP contribution >= 0.6 is 0 Å². The van der Waals surface area contributed by atoms with Crippen LogP contribution in [-0.4, -0.2) is 31.4 Å². The third kappa shape index (κ3) is 2.22. The van der Waals surface area contributed by atoms with Gasteiger partial charge in [-0.05, 0) is 25.1 Å². The van der Waals surface area contributed by atoms with E-state index in [4.69, 9.17) is 9.47 Å². The quantitative estimate of drug-likeness (QED) is 0.899. The van der Waals surface area contributed by atoms with E-state index in [1.54, 1.807) is 7.11 Å². The first kappa shape index (κ1) is 12.5. The third-order valence-corrected chi connectivity index (χ3v) is 3.72. The van der Waals surface area contributed by atoms with Crippen LogP contribution in [0.1, 0.15) is 18.1 Å². The van der Waals surface area contributed by atoms with Crippen molar-refractivity contribution >= 4 is 10.9 Å². The van der Waals surface area contributed by atoms with E-state index in [0.29, 0.717) is 0 Å². The summed E-state index contributed by atoms with van der Waals surface area (Å²) in [5.74, 6) is 0.918. The predicted molar refractivity (Wildman–Crippen MR) is 75.7 cm³/mol. The highest BCUT2D eigenvalue weighted by atomic mass is 16.5. The Labute approximate surface area is 113 Å². The Kier molecular flexibility index (Phi) is 3.44. The lowest BCUT2D eigenvalue weighted by molar-refractivity contribution is 0.0677. The van der Waals surface area contributed by atoms with E-state index in [-0.39, 0.29) is 6.10 Å². The Bertz CT molecular complexity index is 569. The zero-order valence-electron chi connectivity index (χ0n) is 11.5. The molecule has 3 rings (SSSR count). The first-order valence-corrected chi connectivity index (χ1v) is 6.75. The molecule has 102 valence electrons. The van der Waals surface area contributed by atoms with Crippen molar-refractivity contribution < 1.29 is 9.47 Å². The molecular weight excluding hydrogens is 240 g/mol. The van der Waals surface area contributed by atoms with Gasteiger partial charge in [0, 0.05) is 37.3 Å². The van der Waals surface area contributed by atoms with Crippen LogP contribution in [0.5, 0.6) is 5.75 Å². The highest BCUT2D eigenvalue weighted by molar-refractivity contribution is 5.90. The molecule has 0 aliphatic carbocycles. The standard InChI is InChI=1S/C15H20N2O2/c1-17-10-11(14-9-16-7-4-8-19-14)15-12(17)5-3-6-13(15)18-2/h3,5-6,10,14,16H,4,7-9H2,1-2H3. The minimum absolute atomic E-state index is 0.0995. The first-order valence-electron chi connectivity index (χ1n) is 6.75. The molecule has 1 aliphatic rings.